The van der Waals surface area contributed by atoms with Crippen LogP contribution in [0.25, 0.3) is 0 Å². The lowest BCUT2D eigenvalue weighted by Gasteiger charge is -2.19. The Labute approximate surface area is 175 Å². The summed E-state index contributed by atoms with van der Waals surface area (Å²) in [6.07, 6.45) is 12.5. The van der Waals surface area contributed by atoms with Crippen LogP contribution in [0, 0.1) is 17.8 Å². The van der Waals surface area contributed by atoms with E-state index < -0.39 is 18.3 Å². The molecule has 6 heteroatoms. The summed E-state index contributed by atoms with van der Waals surface area (Å²) in [6.45, 7) is 4.56. The van der Waals surface area contributed by atoms with Crippen molar-refractivity contribution in [2.24, 2.45) is 17.8 Å². The SMILES string of the molecule is CCCCC(C)[C@H](O)/C=C/[C@H]1[C@H](O)CC(=O)[C@@H]1C/C=C\CCCCOC(=O)NC. The molecule has 0 bridgehead atoms. The van der Waals surface area contributed by atoms with Gasteiger partial charge in [-0.15, -0.1) is 0 Å². The van der Waals surface area contributed by atoms with Gasteiger partial charge in [0.25, 0.3) is 0 Å². The third-order valence-corrected chi connectivity index (χ3v) is 5.62. The first-order chi connectivity index (χ1) is 13.9. The average molecular weight is 410 g/mol. The van der Waals surface area contributed by atoms with E-state index in [1.54, 1.807) is 6.08 Å². The zero-order chi connectivity index (χ0) is 21.6. The monoisotopic (exact) mass is 409 g/mol. The number of nitrogens with one attached hydrogen (secondary N) is 1. The van der Waals surface area contributed by atoms with Crippen molar-refractivity contribution < 1.29 is 24.5 Å². The number of allylic oxidation sites excluding steroid dienone is 2. The second-order valence-corrected chi connectivity index (χ2v) is 8.01. The molecule has 166 valence electrons. The quantitative estimate of drug-likeness (QED) is 0.318. The molecule has 0 heterocycles. The lowest BCUT2D eigenvalue weighted by atomic mass is 9.89. The maximum atomic E-state index is 12.3. The van der Waals surface area contributed by atoms with Gasteiger partial charge in [0.15, 0.2) is 0 Å². The molecule has 5 atom stereocenters. The van der Waals surface area contributed by atoms with E-state index in [1.165, 1.54) is 7.05 Å². The Morgan fingerprint density at radius 2 is 2.07 bits per heavy atom. The number of ketones is 1. The van der Waals surface area contributed by atoms with Gasteiger partial charge in [-0.2, -0.15) is 0 Å². The summed E-state index contributed by atoms with van der Waals surface area (Å²) >= 11 is 0. The van der Waals surface area contributed by atoms with Gasteiger partial charge >= 0.3 is 6.09 Å². The molecular weight excluding hydrogens is 370 g/mol. The van der Waals surface area contributed by atoms with Crippen LogP contribution in [-0.2, 0) is 9.53 Å². The van der Waals surface area contributed by atoms with Crippen LogP contribution < -0.4 is 5.32 Å². The third kappa shape index (κ3) is 9.59. The van der Waals surface area contributed by atoms with Crippen LogP contribution >= 0.6 is 0 Å². The minimum absolute atomic E-state index is 0.0873. The van der Waals surface area contributed by atoms with E-state index in [0.29, 0.717) is 13.0 Å². The summed E-state index contributed by atoms with van der Waals surface area (Å²) in [5.41, 5.74) is 0. The highest BCUT2D eigenvalue weighted by atomic mass is 16.5. The second-order valence-electron chi connectivity index (χ2n) is 8.01. The standard InChI is InChI=1S/C23H39NO5/c1-4-5-11-17(2)20(25)14-13-19-18(21(26)16-22(19)27)12-9-7-6-8-10-15-29-23(28)24-3/h7,9,13-14,17-20,22,25,27H,4-6,8,10-12,15-16H2,1-3H3,(H,24,28)/b9-7-,14-13+/t17?,18-,19-,20-,22-/m1/s1. The minimum atomic E-state index is -0.669. The normalized spacial score (nSPS) is 24.3. The molecule has 6 nitrogen and oxygen atoms in total. The molecule has 1 aliphatic rings. The zero-order valence-corrected chi connectivity index (χ0v) is 18.2. The van der Waals surface area contributed by atoms with E-state index in [1.807, 2.05) is 25.2 Å². The lowest BCUT2D eigenvalue weighted by Crippen LogP contribution is -2.20. The van der Waals surface area contributed by atoms with Gasteiger partial charge in [0.2, 0.25) is 0 Å². The number of aliphatic hydroxyl groups is 2. The molecule has 1 aliphatic carbocycles. The highest BCUT2D eigenvalue weighted by Crippen LogP contribution is 2.33. The predicted octanol–water partition coefficient (Wildman–Crippen LogP) is 3.77. The molecule has 0 radical (unpaired) electrons. The number of rotatable bonds is 13. The summed E-state index contributed by atoms with van der Waals surface area (Å²) in [6, 6.07) is 0. The van der Waals surface area contributed by atoms with Gasteiger partial charge in [-0.1, -0.05) is 51.0 Å². The largest absolute Gasteiger partial charge is 0.450 e. The topological polar surface area (TPSA) is 95.9 Å². The number of hydrogen-bond acceptors (Lipinski definition) is 5. The Morgan fingerprint density at radius 1 is 1.31 bits per heavy atom. The van der Waals surface area contributed by atoms with Crippen LogP contribution in [0.2, 0.25) is 0 Å². The molecule has 0 saturated heterocycles. The van der Waals surface area contributed by atoms with E-state index in [9.17, 15) is 19.8 Å². The van der Waals surface area contributed by atoms with Gasteiger partial charge in [-0.3, -0.25) is 4.79 Å². The lowest BCUT2D eigenvalue weighted by molar-refractivity contribution is -0.121. The summed E-state index contributed by atoms with van der Waals surface area (Å²) in [4.78, 5) is 23.2. The van der Waals surface area contributed by atoms with Gasteiger partial charge in [-0.25, -0.2) is 4.79 Å². The second kappa shape index (κ2) is 14.3. The fourth-order valence-electron chi connectivity index (χ4n) is 3.62. The average Bonchev–Trinajstić information content (AvgIpc) is 2.98. The third-order valence-electron chi connectivity index (χ3n) is 5.62. The van der Waals surface area contributed by atoms with Crippen molar-refractivity contribution in [1.29, 1.82) is 0 Å². The number of carbonyl (C=O) groups excluding carboxylic acids is 2. The predicted molar refractivity (Wildman–Crippen MR) is 114 cm³/mol. The molecule has 1 saturated carbocycles. The number of alkyl carbamates (subject to hydrolysis) is 1. The number of ether oxygens (including phenoxy) is 1. The van der Waals surface area contributed by atoms with Crippen molar-refractivity contribution in [3.05, 3.63) is 24.3 Å². The molecule has 0 spiro atoms. The Hall–Kier alpha value is -1.66. The fourth-order valence-corrected chi connectivity index (χ4v) is 3.62. The summed E-state index contributed by atoms with van der Waals surface area (Å²) in [7, 11) is 1.53. The molecule has 1 amide bonds. The van der Waals surface area contributed by atoms with Crippen LogP contribution in [0.5, 0.6) is 0 Å². The highest BCUT2D eigenvalue weighted by molar-refractivity contribution is 5.84. The summed E-state index contributed by atoms with van der Waals surface area (Å²) in [5.74, 6) is -0.205. The number of hydrogen-bond donors (Lipinski definition) is 3. The van der Waals surface area contributed by atoms with Gasteiger partial charge in [0, 0.05) is 25.3 Å². The van der Waals surface area contributed by atoms with Crippen LogP contribution in [-0.4, -0.2) is 48.0 Å². The number of amides is 1. The maximum absolute atomic E-state index is 12.3. The molecule has 1 unspecified atom stereocenters. The van der Waals surface area contributed by atoms with Gasteiger partial charge in [0.1, 0.15) is 5.78 Å². The van der Waals surface area contributed by atoms with Gasteiger partial charge < -0.3 is 20.3 Å². The van der Waals surface area contributed by atoms with Crippen molar-refractivity contribution >= 4 is 11.9 Å². The molecular formula is C23H39NO5. The number of Topliss-reactive ketones (excluding diaryl/α,β-unsaturated/α-hetero) is 1. The van der Waals surface area contributed by atoms with E-state index >= 15 is 0 Å². The van der Waals surface area contributed by atoms with Crippen LogP contribution in [0.15, 0.2) is 24.3 Å². The van der Waals surface area contributed by atoms with E-state index in [-0.39, 0.29) is 30.0 Å². The van der Waals surface area contributed by atoms with Gasteiger partial charge in [0.05, 0.1) is 18.8 Å². The van der Waals surface area contributed by atoms with Crippen molar-refractivity contribution in [3.8, 4) is 0 Å². The Kier molecular flexibility index (Phi) is 12.6. The molecule has 0 aromatic rings. The maximum Gasteiger partial charge on any atom is 0.406 e. The fraction of sp³-hybridized carbons (Fsp3) is 0.739. The van der Waals surface area contributed by atoms with Gasteiger partial charge in [-0.05, 0) is 38.0 Å². The molecule has 0 aliphatic heterocycles. The Balaban J connectivity index is 2.43. The first kappa shape index (κ1) is 25.4. The highest BCUT2D eigenvalue weighted by Gasteiger charge is 2.39. The van der Waals surface area contributed by atoms with Crippen molar-refractivity contribution in [1.82, 2.24) is 5.32 Å². The molecule has 0 aromatic heterocycles. The van der Waals surface area contributed by atoms with Crippen LogP contribution in [0.3, 0.4) is 0 Å². The first-order valence-corrected chi connectivity index (χ1v) is 11.0. The minimum Gasteiger partial charge on any atom is -0.450 e. The summed E-state index contributed by atoms with van der Waals surface area (Å²) in [5, 5.41) is 23.0. The molecule has 29 heavy (non-hydrogen) atoms. The Bertz CT molecular complexity index is 545. The van der Waals surface area contributed by atoms with E-state index in [0.717, 1.165) is 38.5 Å². The molecule has 0 aromatic carbocycles. The number of carbonyl (C=O) groups is 2. The summed E-state index contributed by atoms with van der Waals surface area (Å²) < 4.78 is 4.93. The molecule has 3 N–H and O–H groups in total. The molecule has 1 rings (SSSR count). The zero-order valence-electron chi connectivity index (χ0n) is 18.2. The Morgan fingerprint density at radius 3 is 2.76 bits per heavy atom. The van der Waals surface area contributed by atoms with E-state index in [4.69, 9.17) is 4.74 Å². The van der Waals surface area contributed by atoms with Crippen molar-refractivity contribution in [3.63, 3.8) is 0 Å². The number of unbranched alkanes of at least 4 members (excludes halogenated alkanes) is 3. The van der Waals surface area contributed by atoms with Crippen molar-refractivity contribution in [2.75, 3.05) is 13.7 Å². The number of aliphatic hydroxyl groups excluding tert-OH is 2. The van der Waals surface area contributed by atoms with E-state index in [2.05, 4.69) is 12.2 Å². The first-order valence-electron chi connectivity index (χ1n) is 11.0. The molecule has 1 fully saturated rings. The van der Waals surface area contributed by atoms with Crippen LogP contribution in [0.1, 0.15) is 65.2 Å². The smallest absolute Gasteiger partial charge is 0.406 e. The van der Waals surface area contributed by atoms with Crippen molar-refractivity contribution in [2.45, 2.75) is 77.4 Å². The van der Waals surface area contributed by atoms with Crippen LogP contribution in [0.4, 0.5) is 4.79 Å².